The molecule has 0 aliphatic carbocycles. The molecule has 90 valence electrons. The molecular weight excluding hydrogens is 230 g/mol. The molecule has 0 atom stereocenters. The van der Waals surface area contributed by atoms with Gasteiger partial charge in [-0.15, -0.1) is 10.2 Å². The summed E-state index contributed by atoms with van der Waals surface area (Å²) in [6.07, 6.45) is 3.73. The third-order valence-electron chi connectivity index (χ3n) is 3.50. The maximum absolute atomic E-state index is 4.36. The topological polar surface area (TPSA) is 30.2 Å². The van der Waals surface area contributed by atoms with Crippen molar-refractivity contribution in [3.05, 3.63) is 29.7 Å². The summed E-state index contributed by atoms with van der Waals surface area (Å²) in [5.41, 5.74) is 2.21. The van der Waals surface area contributed by atoms with Gasteiger partial charge >= 0.3 is 0 Å². The van der Waals surface area contributed by atoms with Gasteiger partial charge in [0, 0.05) is 12.1 Å². The molecule has 2 aromatic rings. The minimum absolute atomic E-state index is 0.795. The fourth-order valence-corrected chi connectivity index (χ4v) is 3.72. The first kappa shape index (κ1) is 11.1. The molecule has 0 radical (unpaired) electrons. The lowest BCUT2D eigenvalue weighted by atomic mass is 9.98. The fraction of sp³-hybridized carbons (Fsp3) is 0.538. The van der Waals surface area contributed by atoms with Crippen LogP contribution >= 0.6 is 11.8 Å². The lowest BCUT2D eigenvalue weighted by molar-refractivity contribution is 0.474. The second kappa shape index (κ2) is 4.69. The van der Waals surface area contributed by atoms with Crippen LogP contribution in [0, 0.1) is 12.8 Å². The van der Waals surface area contributed by atoms with Crippen molar-refractivity contribution in [1.82, 2.24) is 14.6 Å². The van der Waals surface area contributed by atoms with Gasteiger partial charge in [-0.25, -0.2) is 0 Å². The van der Waals surface area contributed by atoms with Crippen LogP contribution in [0.5, 0.6) is 0 Å². The predicted octanol–water partition coefficient (Wildman–Crippen LogP) is 2.72. The van der Waals surface area contributed by atoms with E-state index < -0.39 is 0 Å². The summed E-state index contributed by atoms with van der Waals surface area (Å²) in [4.78, 5) is 0. The van der Waals surface area contributed by atoms with E-state index in [1.165, 1.54) is 30.0 Å². The average molecular weight is 247 g/mol. The molecule has 0 N–H and O–H groups in total. The lowest BCUT2D eigenvalue weighted by Crippen LogP contribution is -2.14. The van der Waals surface area contributed by atoms with E-state index in [1.54, 1.807) is 0 Å². The molecule has 0 amide bonds. The number of hydrogen-bond acceptors (Lipinski definition) is 3. The first-order valence-corrected chi connectivity index (χ1v) is 7.37. The highest BCUT2D eigenvalue weighted by Gasteiger charge is 2.17. The van der Waals surface area contributed by atoms with Crippen LogP contribution < -0.4 is 0 Å². The van der Waals surface area contributed by atoms with Gasteiger partial charge in [-0.3, -0.25) is 4.40 Å². The molecule has 0 unspecified atom stereocenters. The number of rotatable bonds is 2. The van der Waals surface area contributed by atoms with E-state index in [0.29, 0.717) is 0 Å². The predicted molar refractivity (Wildman–Crippen MR) is 71.5 cm³/mol. The average Bonchev–Trinajstić information content (AvgIpc) is 2.75. The molecule has 3 nitrogen and oxygen atoms in total. The Bertz CT molecular complexity index is 514. The molecule has 0 bridgehead atoms. The Hall–Kier alpha value is -1.03. The molecule has 3 rings (SSSR count). The molecule has 0 saturated carbocycles. The van der Waals surface area contributed by atoms with Crippen molar-refractivity contribution in [2.75, 3.05) is 11.5 Å². The van der Waals surface area contributed by atoms with Gasteiger partial charge in [0.05, 0.1) is 0 Å². The maximum atomic E-state index is 4.36. The summed E-state index contributed by atoms with van der Waals surface area (Å²) in [6.45, 7) is 2.12. The van der Waals surface area contributed by atoms with Crippen molar-refractivity contribution in [2.24, 2.45) is 5.92 Å². The quantitative estimate of drug-likeness (QED) is 0.817. The van der Waals surface area contributed by atoms with Crippen molar-refractivity contribution in [1.29, 1.82) is 0 Å². The zero-order valence-electron chi connectivity index (χ0n) is 10.1. The Kier molecular flexibility index (Phi) is 3.05. The second-order valence-corrected chi connectivity index (χ2v) is 5.96. The van der Waals surface area contributed by atoms with Crippen LogP contribution in [-0.4, -0.2) is 26.1 Å². The Morgan fingerprint density at radius 3 is 2.94 bits per heavy atom. The zero-order valence-corrected chi connectivity index (χ0v) is 10.9. The Morgan fingerprint density at radius 1 is 1.29 bits per heavy atom. The molecule has 1 fully saturated rings. The van der Waals surface area contributed by atoms with Gasteiger partial charge in [0.25, 0.3) is 0 Å². The van der Waals surface area contributed by atoms with E-state index in [2.05, 4.69) is 39.4 Å². The van der Waals surface area contributed by atoms with Crippen LogP contribution in [0.2, 0.25) is 0 Å². The lowest BCUT2D eigenvalue weighted by Gasteiger charge is -2.20. The molecule has 4 heteroatoms. The highest BCUT2D eigenvalue weighted by molar-refractivity contribution is 7.99. The molecular formula is C13H17N3S. The van der Waals surface area contributed by atoms with Crippen LogP contribution in [0.3, 0.4) is 0 Å². The molecule has 2 aromatic heterocycles. The SMILES string of the molecule is Cc1cccc2nnc(CC3CCSCC3)n12. The van der Waals surface area contributed by atoms with Gasteiger partial charge in [-0.2, -0.15) is 11.8 Å². The number of thioether (sulfide) groups is 1. The molecule has 1 aliphatic heterocycles. The highest BCUT2D eigenvalue weighted by atomic mass is 32.2. The molecule has 1 saturated heterocycles. The number of hydrogen-bond donors (Lipinski definition) is 0. The monoisotopic (exact) mass is 247 g/mol. The van der Waals surface area contributed by atoms with Crippen LogP contribution in [0.4, 0.5) is 0 Å². The molecule has 0 aromatic carbocycles. The van der Waals surface area contributed by atoms with Gasteiger partial charge in [0.1, 0.15) is 5.82 Å². The molecule has 17 heavy (non-hydrogen) atoms. The number of fused-ring (bicyclic) bond motifs is 1. The van der Waals surface area contributed by atoms with E-state index in [4.69, 9.17) is 0 Å². The van der Waals surface area contributed by atoms with Crippen molar-refractivity contribution in [3.63, 3.8) is 0 Å². The van der Waals surface area contributed by atoms with Crippen LogP contribution in [0.1, 0.15) is 24.4 Å². The third-order valence-corrected chi connectivity index (χ3v) is 4.55. The molecule has 3 heterocycles. The highest BCUT2D eigenvalue weighted by Crippen LogP contribution is 2.25. The van der Waals surface area contributed by atoms with Crippen LogP contribution in [-0.2, 0) is 6.42 Å². The van der Waals surface area contributed by atoms with Crippen molar-refractivity contribution in [3.8, 4) is 0 Å². The summed E-state index contributed by atoms with van der Waals surface area (Å²) < 4.78 is 2.20. The number of pyridine rings is 1. The van der Waals surface area contributed by atoms with Gasteiger partial charge in [-0.05, 0) is 49.3 Å². The zero-order chi connectivity index (χ0) is 11.7. The number of aromatic nitrogens is 3. The largest absolute Gasteiger partial charge is 0.284 e. The first-order valence-electron chi connectivity index (χ1n) is 6.22. The third kappa shape index (κ3) is 2.18. The minimum Gasteiger partial charge on any atom is -0.284 e. The van der Waals surface area contributed by atoms with Crippen LogP contribution in [0.25, 0.3) is 5.65 Å². The van der Waals surface area contributed by atoms with Crippen molar-refractivity contribution in [2.45, 2.75) is 26.2 Å². The van der Waals surface area contributed by atoms with Crippen molar-refractivity contribution < 1.29 is 0 Å². The van der Waals surface area contributed by atoms with Gasteiger partial charge in [-0.1, -0.05) is 6.07 Å². The number of aryl methyl sites for hydroxylation is 1. The summed E-state index contributed by atoms with van der Waals surface area (Å²) in [7, 11) is 0. The van der Waals surface area contributed by atoms with E-state index >= 15 is 0 Å². The summed E-state index contributed by atoms with van der Waals surface area (Å²) >= 11 is 2.08. The summed E-state index contributed by atoms with van der Waals surface area (Å²) in [6, 6.07) is 6.19. The Morgan fingerprint density at radius 2 is 2.12 bits per heavy atom. The Labute approximate surface area is 106 Å². The minimum atomic E-state index is 0.795. The first-order chi connectivity index (χ1) is 8.34. The van der Waals surface area contributed by atoms with E-state index in [1.807, 2.05) is 12.1 Å². The van der Waals surface area contributed by atoms with Crippen molar-refractivity contribution >= 4 is 17.4 Å². The van der Waals surface area contributed by atoms with Gasteiger partial charge in [0.2, 0.25) is 0 Å². The smallest absolute Gasteiger partial charge is 0.160 e. The van der Waals surface area contributed by atoms with Gasteiger partial charge < -0.3 is 0 Å². The normalized spacial score (nSPS) is 17.7. The second-order valence-electron chi connectivity index (χ2n) is 4.74. The fourth-order valence-electron chi connectivity index (χ4n) is 2.51. The summed E-state index contributed by atoms with van der Waals surface area (Å²) in [5, 5.41) is 8.61. The standard InChI is InChI=1S/C13H17N3S/c1-10-3-2-4-12-14-15-13(16(10)12)9-11-5-7-17-8-6-11/h2-4,11H,5-9H2,1H3. The molecule has 1 aliphatic rings. The van der Waals surface area contributed by atoms with E-state index in [0.717, 1.165) is 23.8 Å². The van der Waals surface area contributed by atoms with E-state index in [9.17, 15) is 0 Å². The molecule has 0 spiro atoms. The summed E-state index contributed by atoms with van der Waals surface area (Å²) in [5.74, 6) is 4.54. The van der Waals surface area contributed by atoms with Crippen LogP contribution in [0.15, 0.2) is 18.2 Å². The van der Waals surface area contributed by atoms with E-state index in [-0.39, 0.29) is 0 Å². The number of nitrogens with zero attached hydrogens (tertiary/aromatic N) is 3. The maximum Gasteiger partial charge on any atom is 0.160 e. The Balaban J connectivity index is 1.89. The van der Waals surface area contributed by atoms with Gasteiger partial charge in [0.15, 0.2) is 5.65 Å².